The topological polar surface area (TPSA) is 45.4 Å². The molecule has 6 nitrogen and oxygen atoms in total. The number of aromatic nitrogens is 1. The van der Waals surface area contributed by atoms with Crippen LogP contribution in [-0.4, -0.2) is 41.8 Å². The van der Waals surface area contributed by atoms with E-state index in [0.717, 1.165) is 30.2 Å². The van der Waals surface area contributed by atoms with Gasteiger partial charge >= 0.3 is 0 Å². The minimum Gasteiger partial charge on any atom is -0.379 e. The summed E-state index contributed by atoms with van der Waals surface area (Å²) < 4.78 is 18.6. The number of benzene rings is 3. The van der Waals surface area contributed by atoms with Gasteiger partial charge in [-0.1, -0.05) is 54.1 Å². The number of morpholine rings is 1. The zero-order valence-electron chi connectivity index (χ0n) is 21.6. The van der Waals surface area contributed by atoms with E-state index in [-0.39, 0.29) is 0 Å². The number of para-hydroxylation sites is 1. The summed E-state index contributed by atoms with van der Waals surface area (Å²) in [6.45, 7) is 9.54. The molecule has 1 fully saturated rings. The molecule has 1 aromatic heterocycles. The summed E-state index contributed by atoms with van der Waals surface area (Å²) in [6.07, 6.45) is 2.04. The number of hydrogen-bond donors (Lipinski definition) is 0. The molecule has 37 heavy (non-hydrogen) atoms. The van der Waals surface area contributed by atoms with Crippen molar-refractivity contribution in [1.82, 2.24) is 9.24 Å². The van der Waals surface area contributed by atoms with E-state index in [9.17, 15) is 0 Å². The van der Waals surface area contributed by atoms with Crippen molar-refractivity contribution in [2.45, 2.75) is 20.8 Å². The first kappa shape index (κ1) is 23.9. The molecule has 3 heterocycles. The lowest BCUT2D eigenvalue weighted by Gasteiger charge is -2.45. The van der Waals surface area contributed by atoms with Gasteiger partial charge in [-0.2, -0.15) is 5.10 Å². The molecule has 6 rings (SSSR count). The van der Waals surface area contributed by atoms with E-state index in [1.54, 1.807) is 0 Å². The van der Waals surface area contributed by atoms with Crippen molar-refractivity contribution in [1.29, 1.82) is 0 Å². The predicted octanol–water partition coefficient (Wildman–Crippen LogP) is 6.58. The first-order valence-electron chi connectivity index (χ1n) is 12.8. The lowest BCUT2D eigenvalue weighted by atomic mass is 10.2. The molecule has 0 saturated carbocycles. The Morgan fingerprint density at radius 2 is 1.41 bits per heavy atom. The lowest BCUT2D eigenvalue weighted by Crippen LogP contribution is -2.44. The summed E-state index contributed by atoms with van der Waals surface area (Å²) in [5.74, 6) is 0. The standard InChI is InChI=1S/C30H32N5OP/c1-23-14-16-27(17-15-23)34-24(2)29-22-31-35(28-12-8-5-9-13-28)37(30(29)25(34)3,33-18-20-36-21-19-33)32-26-10-6-4-7-11-26/h4-17,22H,18-21H2,1-3H3. The highest BCUT2D eigenvalue weighted by Crippen LogP contribution is 2.62. The Hall–Kier alpha value is -3.44. The van der Waals surface area contributed by atoms with Crippen LogP contribution in [0.25, 0.3) is 5.69 Å². The lowest BCUT2D eigenvalue weighted by molar-refractivity contribution is 0.0744. The second-order valence-electron chi connectivity index (χ2n) is 9.54. The van der Waals surface area contributed by atoms with Gasteiger partial charge in [-0.05, 0) is 57.2 Å². The van der Waals surface area contributed by atoms with E-state index in [0.29, 0.717) is 13.2 Å². The summed E-state index contributed by atoms with van der Waals surface area (Å²) in [5, 5.41) is 6.43. The predicted molar refractivity (Wildman–Crippen MR) is 154 cm³/mol. The molecule has 0 radical (unpaired) electrons. The fourth-order valence-electron chi connectivity index (χ4n) is 5.43. The van der Waals surface area contributed by atoms with Crippen molar-refractivity contribution < 1.29 is 4.74 Å². The molecule has 1 saturated heterocycles. The molecule has 0 aliphatic carbocycles. The molecule has 1 unspecified atom stereocenters. The molecule has 0 spiro atoms. The SMILES string of the molecule is Cc1ccc(-n2c(C)c3c(c2C)P(=Nc2ccccc2)(N2CCOCC2)N(c2ccccc2)N=C3)cc1. The molecule has 3 aromatic carbocycles. The third-order valence-corrected chi connectivity index (χ3v) is 10.9. The summed E-state index contributed by atoms with van der Waals surface area (Å²) in [6, 6.07) is 29.6. The van der Waals surface area contributed by atoms with Gasteiger partial charge in [-0.3, -0.25) is 0 Å². The van der Waals surface area contributed by atoms with E-state index in [4.69, 9.17) is 14.6 Å². The third-order valence-electron chi connectivity index (χ3n) is 7.19. The molecule has 4 aromatic rings. The first-order chi connectivity index (χ1) is 18.1. The fourth-order valence-corrected chi connectivity index (χ4v) is 9.36. The van der Waals surface area contributed by atoms with Crippen LogP contribution in [0.15, 0.2) is 94.8 Å². The van der Waals surface area contributed by atoms with Gasteiger partial charge in [0, 0.05) is 35.7 Å². The van der Waals surface area contributed by atoms with Crippen molar-refractivity contribution in [3.05, 3.63) is 107 Å². The number of nitrogens with zero attached hydrogens (tertiary/aromatic N) is 5. The van der Waals surface area contributed by atoms with Crippen molar-refractivity contribution in [2.75, 3.05) is 31.1 Å². The number of hydrazone groups is 1. The Kier molecular flexibility index (Phi) is 6.33. The molecular weight excluding hydrogens is 477 g/mol. The van der Waals surface area contributed by atoms with E-state index >= 15 is 0 Å². The maximum Gasteiger partial charge on any atom is 0.179 e. The van der Waals surface area contributed by atoms with Gasteiger partial charge in [0.2, 0.25) is 0 Å². The van der Waals surface area contributed by atoms with Crippen LogP contribution in [0, 0.1) is 20.8 Å². The van der Waals surface area contributed by atoms with Gasteiger partial charge in [0.25, 0.3) is 0 Å². The largest absolute Gasteiger partial charge is 0.379 e. The zero-order chi connectivity index (χ0) is 25.4. The molecule has 0 amide bonds. The van der Waals surface area contributed by atoms with Gasteiger partial charge < -0.3 is 9.30 Å². The molecule has 1 atom stereocenters. The van der Waals surface area contributed by atoms with Crippen molar-refractivity contribution in [3.63, 3.8) is 0 Å². The molecular formula is C30H32N5OP. The normalized spacial score (nSPS) is 19.6. The minimum atomic E-state index is -2.59. The van der Waals surface area contributed by atoms with Crippen LogP contribution in [-0.2, 0) is 4.74 Å². The Balaban J connectivity index is 1.70. The molecule has 2 aliphatic heterocycles. The molecule has 0 bridgehead atoms. The summed E-state index contributed by atoms with van der Waals surface area (Å²) in [4.78, 5) is 0. The van der Waals surface area contributed by atoms with Crippen molar-refractivity contribution >= 4 is 30.2 Å². The van der Waals surface area contributed by atoms with Crippen LogP contribution < -0.4 is 10.1 Å². The number of fused-ring (bicyclic) bond motifs is 1. The van der Waals surface area contributed by atoms with Gasteiger partial charge in [0.05, 0.1) is 36.1 Å². The van der Waals surface area contributed by atoms with Gasteiger partial charge in [-0.25, -0.2) is 14.2 Å². The van der Waals surface area contributed by atoms with Crippen LogP contribution >= 0.6 is 7.36 Å². The second-order valence-corrected chi connectivity index (χ2v) is 12.3. The second kappa shape index (κ2) is 9.79. The van der Waals surface area contributed by atoms with Crippen LogP contribution in [0.3, 0.4) is 0 Å². The number of ether oxygens (including phenoxy) is 1. The summed E-state index contributed by atoms with van der Waals surface area (Å²) in [7, 11) is -2.59. The number of rotatable bonds is 4. The van der Waals surface area contributed by atoms with Crippen molar-refractivity contribution in [3.8, 4) is 5.69 Å². The maximum absolute atomic E-state index is 5.83. The average molecular weight is 510 g/mol. The zero-order valence-corrected chi connectivity index (χ0v) is 22.5. The Bertz CT molecular complexity index is 1490. The van der Waals surface area contributed by atoms with Gasteiger partial charge in [0.1, 0.15) is 0 Å². The molecule has 2 aliphatic rings. The summed E-state index contributed by atoms with van der Waals surface area (Å²) >= 11 is 0. The highest BCUT2D eigenvalue weighted by atomic mass is 31.2. The highest BCUT2D eigenvalue weighted by molar-refractivity contribution is 7.73. The first-order valence-corrected chi connectivity index (χ1v) is 14.4. The summed E-state index contributed by atoms with van der Waals surface area (Å²) in [5.41, 5.74) is 7.99. The number of aryl methyl sites for hydroxylation is 1. The Morgan fingerprint density at radius 1 is 0.757 bits per heavy atom. The molecule has 7 heteroatoms. The number of anilines is 1. The van der Waals surface area contributed by atoms with Crippen LogP contribution in [0.2, 0.25) is 0 Å². The number of hydrogen-bond acceptors (Lipinski definition) is 3. The van der Waals surface area contributed by atoms with Crippen LogP contribution in [0.1, 0.15) is 22.5 Å². The Morgan fingerprint density at radius 3 is 2.08 bits per heavy atom. The molecule has 0 N–H and O–H groups in total. The minimum absolute atomic E-state index is 0.685. The van der Waals surface area contributed by atoms with Crippen molar-refractivity contribution in [2.24, 2.45) is 9.85 Å². The maximum atomic E-state index is 5.83. The van der Waals surface area contributed by atoms with Gasteiger partial charge in [0.15, 0.2) is 7.36 Å². The van der Waals surface area contributed by atoms with E-state index in [2.05, 4.69) is 114 Å². The highest BCUT2D eigenvalue weighted by Gasteiger charge is 2.44. The van der Waals surface area contributed by atoms with E-state index in [1.807, 2.05) is 12.3 Å². The fraction of sp³-hybridized carbons (Fsp3) is 0.233. The quantitative estimate of drug-likeness (QED) is 0.292. The smallest absolute Gasteiger partial charge is 0.179 e. The Labute approximate surface area is 219 Å². The monoisotopic (exact) mass is 509 g/mol. The average Bonchev–Trinajstić information content (AvgIpc) is 3.21. The van der Waals surface area contributed by atoms with Crippen LogP contribution in [0.5, 0.6) is 0 Å². The molecule has 188 valence electrons. The van der Waals surface area contributed by atoms with Crippen LogP contribution in [0.4, 0.5) is 11.4 Å². The third kappa shape index (κ3) is 4.06. The van der Waals surface area contributed by atoms with Gasteiger partial charge in [-0.15, -0.1) is 0 Å². The van der Waals surface area contributed by atoms with E-state index in [1.165, 1.54) is 27.8 Å². The van der Waals surface area contributed by atoms with E-state index < -0.39 is 7.36 Å².